The molecule has 4 rings (SSSR count). The van der Waals surface area contributed by atoms with Crippen molar-refractivity contribution < 1.29 is 0 Å². The topological polar surface area (TPSA) is 33.1 Å². The van der Waals surface area contributed by atoms with Gasteiger partial charge in [-0.05, 0) is 74.6 Å². The van der Waals surface area contributed by atoms with E-state index < -0.39 is 0 Å². The molecule has 27 heavy (non-hydrogen) atoms. The molecule has 0 spiro atoms. The summed E-state index contributed by atoms with van der Waals surface area (Å²) in [7, 11) is 0. The highest BCUT2D eigenvalue weighted by molar-refractivity contribution is 9.10. The van der Waals surface area contributed by atoms with Crippen LogP contribution in [0.25, 0.3) is 5.69 Å². The van der Waals surface area contributed by atoms with E-state index in [1.165, 1.54) is 5.69 Å². The molecular weight excluding hydrogens is 420 g/mol. The molecule has 3 heterocycles. The van der Waals surface area contributed by atoms with Crippen molar-refractivity contribution in [1.29, 1.82) is 0 Å². The average Bonchev–Trinajstić information content (AvgIpc) is 3.27. The third-order valence-electron chi connectivity index (χ3n) is 4.88. The van der Waals surface area contributed by atoms with E-state index in [9.17, 15) is 0 Å². The number of thiocarbonyl (C=S) groups is 1. The number of benzene rings is 1. The lowest BCUT2D eigenvalue weighted by Crippen LogP contribution is -2.36. The first kappa shape index (κ1) is 18.2. The molecular formula is C21H21BrN4S. The van der Waals surface area contributed by atoms with Crippen molar-refractivity contribution in [2.24, 2.45) is 0 Å². The van der Waals surface area contributed by atoms with Crippen LogP contribution in [0.15, 0.2) is 71.5 Å². The van der Waals surface area contributed by atoms with Crippen LogP contribution >= 0.6 is 28.1 Å². The molecule has 2 atom stereocenters. The van der Waals surface area contributed by atoms with E-state index in [4.69, 9.17) is 12.2 Å². The smallest absolute Gasteiger partial charge is 0.170 e. The molecule has 4 nitrogen and oxygen atoms in total. The second kappa shape index (κ2) is 7.44. The van der Waals surface area contributed by atoms with E-state index in [0.717, 1.165) is 21.0 Å². The van der Waals surface area contributed by atoms with E-state index in [0.29, 0.717) is 0 Å². The van der Waals surface area contributed by atoms with Gasteiger partial charge in [-0.3, -0.25) is 4.98 Å². The molecule has 0 saturated carbocycles. The maximum atomic E-state index is 5.69. The number of rotatable bonds is 4. The average molecular weight is 441 g/mol. The zero-order valence-corrected chi connectivity index (χ0v) is 17.6. The van der Waals surface area contributed by atoms with Crippen molar-refractivity contribution in [1.82, 2.24) is 19.8 Å². The summed E-state index contributed by atoms with van der Waals surface area (Å²) in [5.41, 5.74) is 3.31. The second-order valence-electron chi connectivity index (χ2n) is 6.91. The molecule has 1 saturated heterocycles. The van der Waals surface area contributed by atoms with E-state index in [2.05, 4.69) is 98.2 Å². The van der Waals surface area contributed by atoms with Crippen molar-refractivity contribution in [2.75, 3.05) is 0 Å². The van der Waals surface area contributed by atoms with Gasteiger partial charge in [0.15, 0.2) is 5.11 Å². The third kappa shape index (κ3) is 3.39. The molecule has 138 valence electrons. The Morgan fingerprint density at radius 2 is 1.85 bits per heavy atom. The van der Waals surface area contributed by atoms with Crippen LogP contribution in [0, 0.1) is 0 Å². The molecule has 3 aromatic rings. The highest BCUT2D eigenvalue weighted by Crippen LogP contribution is 2.40. The number of pyridine rings is 1. The predicted octanol–water partition coefficient (Wildman–Crippen LogP) is 5.02. The summed E-state index contributed by atoms with van der Waals surface area (Å²) in [4.78, 5) is 6.88. The van der Waals surface area contributed by atoms with Gasteiger partial charge in [0.25, 0.3) is 0 Å². The summed E-state index contributed by atoms with van der Waals surface area (Å²) in [6.45, 7) is 4.35. The van der Waals surface area contributed by atoms with Crippen LogP contribution in [0.4, 0.5) is 0 Å². The summed E-state index contributed by atoms with van der Waals surface area (Å²) in [6, 6.07) is 19.0. The van der Waals surface area contributed by atoms with E-state index in [-0.39, 0.29) is 18.1 Å². The molecule has 0 unspecified atom stereocenters. The lowest BCUT2D eigenvalue weighted by Gasteiger charge is -2.31. The molecule has 1 N–H and O–H groups in total. The Bertz CT molecular complexity index is 936. The number of nitrogens with zero attached hydrogens (tertiary/aromatic N) is 3. The summed E-state index contributed by atoms with van der Waals surface area (Å²) >= 11 is 9.21. The first-order chi connectivity index (χ1) is 13.1. The van der Waals surface area contributed by atoms with Crippen LogP contribution in [-0.4, -0.2) is 25.6 Å². The highest BCUT2D eigenvalue weighted by Gasteiger charge is 2.42. The monoisotopic (exact) mass is 440 g/mol. The van der Waals surface area contributed by atoms with Crippen molar-refractivity contribution in [3.8, 4) is 5.69 Å². The summed E-state index contributed by atoms with van der Waals surface area (Å²) < 4.78 is 3.30. The number of hydrogen-bond donors (Lipinski definition) is 1. The van der Waals surface area contributed by atoms with E-state index in [1.807, 2.05) is 18.3 Å². The van der Waals surface area contributed by atoms with Gasteiger partial charge in [0.05, 0.1) is 17.8 Å². The van der Waals surface area contributed by atoms with Crippen LogP contribution in [0.2, 0.25) is 0 Å². The van der Waals surface area contributed by atoms with Gasteiger partial charge in [-0.1, -0.05) is 22.0 Å². The maximum absolute atomic E-state index is 5.69. The minimum Gasteiger partial charge on any atom is -0.352 e. The summed E-state index contributed by atoms with van der Waals surface area (Å²) in [6.07, 6.45) is 3.94. The van der Waals surface area contributed by atoms with Crippen molar-refractivity contribution >= 4 is 33.3 Å². The van der Waals surface area contributed by atoms with Gasteiger partial charge >= 0.3 is 0 Å². The predicted molar refractivity (Wildman–Crippen MR) is 116 cm³/mol. The fraction of sp³-hybridized carbons (Fsp3) is 0.238. The molecule has 1 fully saturated rings. The van der Waals surface area contributed by atoms with Gasteiger partial charge in [-0.15, -0.1) is 0 Å². The Balaban J connectivity index is 1.82. The largest absolute Gasteiger partial charge is 0.352 e. The fourth-order valence-electron chi connectivity index (χ4n) is 3.71. The standard InChI is InChI=1S/C21H21BrN4S/c1-14(2)26-20(19(24-21(26)27)17-6-3-4-12-23-17)18-7-5-13-25(18)16-10-8-15(22)9-11-16/h3-14,19-20H,1-2H3,(H,24,27)/t19-,20+/m0/s1. The van der Waals surface area contributed by atoms with Gasteiger partial charge in [-0.2, -0.15) is 0 Å². The number of nitrogens with one attached hydrogen (secondary N) is 1. The van der Waals surface area contributed by atoms with Crippen LogP contribution in [0.5, 0.6) is 0 Å². The van der Waals surface area contributed by atoms with Crippen LogP contribution in [0.3, 0.4) is 0 Å². The fourth-order valence-corrected chi connectivity index (χ4v) is 4.43. The zero-order valence-electron chi connectivity index (χ0n) is 15.2. The minimum absolute atomic E-state index is 0.00481. The molecule has 0 bridgehead atoms. The Kier molecular flexibility index (Phi) is 5.02. The van der Waals surface area contributed by atoms with Crippen molar-refractivity contribution in [2.45, 2.75) is 32.0 Å². The second-order valence-corrected chi connectivity index (χ2v) is 8.21. The Hall–Kier alpha value is -2.18. The van der Waals surface area contributed by atoms with E-state index >= 15 is 0 Å². The normalized spacial score (nSPS) is 19.6. The van der Waals surface area contributed by atoms with Gasteiger partial charge in [0.2, 0.25) is 0 Å². The maximum Gasteiger partial charge on any atom is 0.170 e. The Morgan fingerprint density at radius 1 is 1.07 bits per heavy atom. The lowest BCUT2D eigenvalue weighted by atomic mass is 10.0. The Morgan fingerprint density at radius 3 is 2.52 bits per heavy atom. The summed E-state index contributed by atoms with van der Waals surface area (Å²) in [5.74, 6) is 0. The highest BCUT2D eigenvalue weighted by atomic mass is 79.9. The number of hydrogen-bond acceptors (Lipinski definition) is 2. The molecule has 0 amide bonds. The van der Waals surface area contributed by atoms with Crippen molar-refractivity contribution in [3.05, 3.63) is 82.9 Å². The molecule has 0 radical (unpaired) electrons. The third-order valence-corrected chi connectivity index (χ3v) is 5.74. The van der Waals surface area contributed by atoms with Crippen molar-refractivity contribution in [3.63, 3.8) is 0 Å². The molecule has 2 aromatic heterocycles. The van der Waals surface area contributed by atoms with Gasteiger partial charge < -0.3 is 14.8 Å². The minimum atomic E-state index is 0.00481. The Labute approximate surface area is 173 Å². The van der Waals surface area contributed by atoms with E-state index in [1.54, 1.807) is 0 Å². The van der Waals surface area contributed by atoms with Crippen LogP contribution in [0.1, 0.15) is 37.3 Å². The van der Waals surface area contributed by atoms with Gasteiger partial charge in [-0.25, -0.2) is 0 Å². The van der Waals surface area contributed by atoms with Gasteiger partial charge in [0, 0.05) is 34.3 Å². The molecule has 0 aliphatic carbocycles. The quantitative estimate of drug-likeness (QED) is 0.577. The molecule has 6 heteroatoms. The number of halogens is 1. The molecule has 1 aliphatic rings. The first-order valence-corrected chi connectivity index (χ1v) is 10.2. The molecule has 1 aliphatic heterocycles. The van der Waals surface area contributed by atoms with Crippen LogP contribution < -0.4 is 5.32 Å². The zero-order chi connectivity index (χ0) is 19.0. The lowest BCUT2D eigenvalue weighted by molar-refractivity contribution is 0.262. The first-order valence-electron chi connectivity index (χ1n) is 8.99. The molecule has 1 aromatic carbocycles. The SMILES string of the molecule is CC(C)N1C(=S)N[C@@H](c2ccccn2)[C@H]1c1cccn1-c1ccc(Br)cc1. The van der Waals surface area contributed by atoms with Crippen LogP contribution in [-0.2, 0) is 0 Å². The summed E-state index contributed by atoms with van der Waals surface area (Å²) in [5, 5.41) is 4.27. The van der Waals surface area contributed by atoms with Gasteiger partial charge in [0.1, 0.15) is 0 Å². The number of aromatic nitrogens is 2.